The van der Waals surface area contributed by atoms with Crippen LogP contribution in [0.4, 0.5) is 11.4 Å². The largest absolute Gasteiger partial charge is 0.325 e. The summed E-state index contributed by atoms with van der Waals surface area (Å²) in [4.78, 5) is 37.9. The fourth-order valence-corrected chi connectivity index (χ4v) is 3.78. The number of hydrogen-bond acceptors (Lipinski definition) is 4. The lowest BCUT2D eigenvalue weighted by Crippen LogP contribution is -2.31. The van der Waals surface area contributed by atoms with Gasteiger partial charge < -0.3 is 5.32 Å². The van der Waals surface area contributed by atoms with E-state index in [0.29, 0.717) is 11.4 Å². The first-order valence-corrected chi connectivity index (χ1v) is 9.76. The molecular weight excluding hydrogens is 451 g/mol. The molecule has 0 bridgehead atoms. The molecule has 2 aromatic carbocycles. The predicted octanol–water partition coefficient (Wildman–Crippen LogP) is 3.30. The van der Waals surface area contributed by atoms with Crippen molar-refractivity contribution in [2.45, 2.75) is 11.7 Å². The van der Waals surface area contributed by atoms with E-state index in [1.54, 1.807) is 24.3 Å². The molecule has 5 nitrogen and oxygen atoms in total. The number of benzene rings is 2. The van der Waals surface area contributed by atoms with Gasteiger partial charge in [-0.1, -0.05) is 18.2 Å². The number of nitrogens with zero attached hydrogens (tertiary/aromatic N) is 1. The third-order valence-electron chi connectivity index (χ3n) is 3.66. The molecule has 0 unspecified atom stereocenters. The normalized spacial score (nSPS) is 17.0. The fraction of sp³-hybridized carbons (Fsp3) is 0.167. The average molecular weight is 466 g/mol. The highest BCUT2D eigenvalue weighted by molar-refractivity contribution is 14.1. The van der Waals surface area contributed by atoms with Crippen LogP contribution >= 0.6 is 34.4 Å². The van der Waals surface area contributed by atoms with E-state index in [0.717, 1.165) is 3.57 Å². The molecule has 3 rings (SSSR count). The van der Waals surface area contributed by atoms with E-state index in [2.05, 4.69) is 27.9 Å². The smallest absolute Gasteiger partial charge is 0.247 e. The molecule has 0 saturated carbocycles. The Hall–Kier alpha value is -1.87. The first-order valence-electron chi connectivity index (χ1n) is 7.63. The van der Waals surface area contributed by atoms with Crippen molar-refractivity contribution in [1.82, 2.24) is 0 Å². The van der Waals surface area contributed by atoms with E-state index in [4.69, 9.17) is 0 Å². The molecule has 7 heteroatoms. The molecule has 0 aliphatic carbocycles. The van der Waals surface area contributed by atoms with Crippen molar-refractivity contribution in [2.75, 3.05) is 16.0 Å². The Morgan fingerprint density at radius 3 is 2.48 bits per heavy atom. The SMILES string of the molecule is O=C(CS[C@@H]1CC(=O)N(c2ccc(I)cc2)C1=O)Nc1ccccc1. The first kappa shape index (κ1) is 17.9. The van der Waals surface area contributed by atoms with E-state index in [1.807, 2.05) is 30.3 Å². The van der Waals surface area contributed by atoms with Crippen LogP contribution in [0.15, 0.2) is 54.6 Å². The zero-order valence-corrected chi connectivity index (χ0v) is 16.1. The number of carbonyl (C=O) groups is 3. The predicted molar refractivity (Wildman–Crippen MR) is 108 cm³/mol. The number of para-hydroxylation sites is 1. The van der Waals surface area contributed by atoms with Gasteiger partial charge >= 0.3 is 0 Å². The molecule has 1 saturated heterocycles. The Morgan fingerprint density at radius 1 is 1.12 bits per heavy atom. The minimum atomic E-state index is -0.520. The van der Waals surface area contributed by atoms with Gasteiger partial charge in [-0.15, -0.1) is 11.8 Å². The van der Waals surface area contributed by atoms with Crippen LogP contribution in [0.5, 0.6) is 0 Å². The molecule has 1 aliphatic rings. The summed E-state index contributed by atoms with van der Waals surface area (Å²) in [5, 5.41) is 2.25. The summed E-state index contributed by atoms with van der Waals surface area (Å²) >= 11 is 3.37. The van der Waals surface area contributed by atoms with Gasteiger partial charge in [0.15, 0.2) is 0 Å². The molecule has 0 aromatic heterocycles. The van der Waals surface area contributed by atoms with Gasteiger partial charge in [0.1, 0.15) is 0 Å². The van der Waals surface area contributed by atoms with Crippen molar-refractivity contribution in [1.29, 1.82) is 0 Å². The van der Waals surface area contributed by atoms with Gasteiger partial charge in [-0.2, -0.15) is 0 Å². The number of carbonyl (C=O) groups excluding carboxylic acids is 3. The topological polar surface area (TPSA) is 66.5 Å². The van der Waals surface area contributed by atoms with Crippen LogP contribution in [0.25, 0.3) is 0 Å². The molecule has 1 N–H and O–H groups in total. The Kier molecular flexibility index (Phi) is 5.74. The highest BCUT2D eigenvalue weighted by atomic mass is 127. The fourth-order valence-electron chi connectivity index (χ4n) is 2.49. The van der Waals surface area contributed by atoms with Crippen molar-refractivity contribution in [3.8, 4) is 0 Å². The number of hydrogen-bond donors (Lipinski definition) is 1. The second kappa shape index (κ2) is 8.01. The molecule has 25 heavy (non-hydrogen) atoms. The van der Waals surface area contributed by atoms with Crippen LogP contribution in [0.3, 0.4) is 0 Å². The molecule has 0 radical (unpaired) electrons. The first-order chi connectivity index (χ1) is 12.0. The highest BCUT2D eigenvalue weighted by Crippen LogP contribution is 2.30. The number of thioether (sulfide) groups is 1. The maximum Gasteiger partial charge on any atom is 0.247 e. The monoisotopic (exact) mass is 466 g/mol. The van der Waals surface area contributed by atoms with E-state index in [-0.39, 0.29) is 29.9 Å². The number of amides is 3. The lowest BCUT2D eigenvalue weighted by Gasteiger charge is -2.15. The van der Waals surface area contributed by atoms with Crippen LogP contribution in [0, 0.1) is 3.57 Å². The average Bonchev–Trinajstić information content (AvgIpc) is 2.89. The van der Waals surface area contributed by atoms with Crippen LogP contribution in [0.1, 0.15) is 6.42 Å². The van der Waals surface area contributed by atoms with Gasteiger partial charge in [0, 0.05) is 15.7 Å². The van der Waals surface area contributed by atoms with Crippen molar-refractivity contribution in [2.24, 2.45) is 0 Å². The summed E-state index contributed by atoms with van der Waals surface area (Å²) in [5.41, 5.74) is 1.29. The van der Waals surface area contributed by atoms with E-state index < -0.39 is 5.25 Å². The standard InChI is InChI=1S/C18H15IN2O3S/c19-12-6-8-14(9-7-12)21-17(23)10-15(18(21)24)25-11-16(22)20-13-4-2-1-3-5-13/h1-9,15H,10-11H2,(H,20,22)/t15-/m1/s1. The second-order valence-corrected chi connectivity index (χ2v) is 7.90. The van der Waals surface area contributed by atoms with Gasteiger partial charge in [-0.05, 0) is 59.0 Å². The van der Waals surface area contributed by atoms with Crippen LogP contribution < -0.4 is 10.2 Å². The summed E-state index contributed by atoms with van der Waals surface area (Å²) in [7, 11) is 0. The Morgan fingerprint density at radius 2 is 1.80 bits per heavy atom. The van der Waals surface area contributed by atoms with Crippen LogP contribution in [0.2, 0.25) is 0 Å². The zero-order valence-electron chi connectivity index (χ0n) is 13.1. The van der Waals surface area contributed by atoms with Crippen molar-refractivity contribution in [3.05, 3.63) is 58.2 Å². The number of anilines is 2. The molecule has 1 aliphatic heterocycles. The number of nitrogens with one attached hydrogen (secondary N) is 1. The molecule has 0 spiro atoms. The van der Waals surface area contributed by atoms with Gasteiger partial charge in [0.05, 0.1) is 16.7 Å². The summed E-state index contributed by atoms with van der Waals surface area (Å²) in [5.74, 6) is -0.556. The number of halogens is 1. The summed E-state index contributed by atoms with van der Waals surface area (Å²) in [6.45, 7) is 0. The molecule has 1 fully saturated rings. The lowest BCUT2D eigenvalue weighted by molar-refractivity contribution is -0.121. The minimum absolute atomic E-state index is 0.119. The minimum Gasteiger partial charge on any atom is -0.325 e. The summed E-state index contributed by atoms with van der Waals surface area (Å²) in [6, 6.07) is 16.3. The lowest BCUT2D eigenvalue weighted by atomic mass is 10.3. The molecule has 2 aromatic rings. The summed E-state index contributed by atoms with van der Waals surface area (Å²) < 4.78 is 1.03. The van der Waals surface area contributed by atoms with Crippen molar-refractivity contribution >= 4 is 63.4 Å². The third kappa shape index (κ3) is 4.40. The van der Waals surface area contributed by atoms with E-state index in [9.17, 15) is 14.4 Å². The summed E-state index contributed by atoms with van der Waals surface area (Å²) in [6.07, 6.45) is 0.119. The van der Waals surface area contributed by atoms with Gasteiger partial charge in [0.25, 0.3) is 0 Å². The van der Waals surface area contributed by atoms with Crippen molar-refractivity contribution in [3.63, 3.8) is 0 Å². The van der Waals surface area contributed by atoms with Gasteiger partial charge in [0.2, 0.25) is 17.7 Å². The quantitative estimate of drug-likeness (QED) is 0.543. The highest BCUT2D eigenvalue weighted by Gasteiger charge is 2.39. The number of rotatable bonds is 5. The van der Waals surface area contributed by atoms with Gasteiger partial charge in [-0.25, -0.2) is 4.90 Å². The Bertz CT molecular complexity index is 796. The third-order valence-corrected chi connectivity index (χ3v) is 5.58. The van der Waals surface area contributed by atoms with Crippen LogP contribution in [-0.2, 0) is 14.4 Å². The van der Waals surface area contributed by atoms with E-state index >= 15 is 0 Å². The Labute approximate surface area is 163 Å². The van der Waals surface area contributed by atoms with Gasteiger partial charge in [-0.3, -0.25) is 14.4 Å². The maximum atomic E-state index is 12.5. The van der Waals surface area contributed by atoms with Crippen LogP contribution in [-0.4, -0.2) is 28.7 Å². The molecule has 1 atom stereocenters. The second-order valence-electron chi connectivity index (χ2n) is 5.46. The maximum absolute atomic E-state index is 12.5. The zero-order chi connectivity index (χ0) is 17.8. The molecule has 3 amide bonds. The van der Waals surface area contributed by atoms with E-state index in [1.165, 1.54) is 16.7 Å². The molecule has 128 valence electrons. The molecular formula is C18H15IN2O3S. The molecule has 1 heterocycles. The number of imide groups is 1. The van der Waals surface area contributed by atoms with Crippen molar-refractivity contribution < 1.29 is 14.4 Å². The Balaban J connectivity index is 1.59.